The molecule has 90 valence electrons. The summed E-state index contributed by atoms with van der Waals surface area (Å²) in [7, 11) is 0. The van der Waals surface area contributed by atoms with Gasteiger partial charge in [0.15, 0.2) is 0 Å². The monoisotopic (exact) mass is 244 g/mol. The summed E-state index contributed by atoms with van der Waals surface area (Å²) in [5, 5.41) is 10.0. The molecule has 0 amide bonds. The number of rotatable bonds is 5. The molecular weight excluding hydrogens is 227 g/mol. The smallest absolute Gasteiger partial charge is 0.142 e. The van der Waals surface area contributed by atoms with Crippen molar-refractivity contribution in [1.82, 2.24) is 0 Å². The second-order valence-corrected chi connectivity index (χ2v) is 4.46. The molecule has 1 nitrogen and oxygen atoms in total. The normalized spacial score (nSPS) is 13.1. The van der Waals surface area contributed by atoms with Gasteiger partial charge < -0.3 is 5.11 Å². The average molecular weight is 245 g/mol. The Balaban J connectivity index is 2.80. The van der Waals surface area contributed by atoms with Gasteiger partial charge in [-0.15, -0.1) is 0 Å². The van der Waals surface area contributed by atoms with Gasteiger partial charge in [0.05, 0.1) is 11.1 Å². The predicted octanol–water partition coefficient (Wildman–Crippen LogP) is 4.34. The summed E-state index contributed by atoms with van der Waals surface area (Å²) in [6.45, 7) is 4.18. The molecule has 1 N–H and O–H groups in total. The molecule has 16 heavy (non-hydrogen) atoms. The molecule has 0 spiro atoms. The van der Waals surface area contributed by atoms with Gasteiger partial charge in [0, 0.05) is 5.56 Å². The van der Waals surface area contributed by atoms with E-state index in [1.54, 1.807) is 12.1 Å². The molecule has 1 unspecified atom stereocenters. The van der Waals surface area contributed by atoms with E-state index in [-0.39, 0.29) is 5.02 Å². The highest BCUT2D eigenvalue weighted by molar-refractivity contribution is 6.31. The highest BCUT2D eigenvalue weighted by Gasteiger charge is 2.17. The van der Waals surface area contributed by atoms with Crippen LogP contribution in [0.25, 0.3) is 0 Å². The summed E-state index contributed by atoms with van der Waals surface area (Å²) >= 11 is 5.82. The van der Waals surface area contributed by atoms with Crippen LogP contribution in [0.5, 0.6) is 0 Å². The maximum Gasteiger partial charge on any atom is 0.142 e. The minimum atomic E-state index is -0.673. The molecule has 1 rings (SSSR count). The lowest BCUT2D eigenvalue weighted by Gasteiger charge is -2.18. The van der Waals surface area contributed by atoms with Gasteiger partial charge in [0.1, 0.15) is 5.82 Å². The predicted molar refractivity (Wildman–Crippen MR) is 65.1 cm³/mol. The van der Waals surface area contributed by atoms with Crippen LogP contribution in [0.2, 0.25) is 5.02 Å². The summed E-state index contributed by atoms with van der Waals surface area (Å²) < 4.78 is 13.2. The van der Waals surface area contributed by atoms with E-state index in [1.807, 2.05) is 0 Å². The number of hydrogen-bond donors (Lipinski definition) is 1. The van der Waals surface area contributed by atoms with Crippen molar-refractivity contribution in [3.63, 3.8) is 0 Å². The van der Waals surface area contributed by atoms with E-state index in [0.29, 0.717) is 17.9 Å². The number of aliphatic hydroxyl groups is 1. The van der Waals surface area contributed by atoms with E-state index in [2.05, 4.69) is 13.8 Å². The molecule has 0 heterocycles. The maximum absolute atomic E-state index is 13.2. The van der Waals surface area contributed by atoms with E-state index in [4.69, 9.17) is 11.6 Å². The van der Waals surface area contributed by atoms with E-state index >= 15 is 0 Å². The molecule has 0 aromatic heterocycles. The van der Waals surface area contributed by atoms with Crippen molar-refractivity contribution in [3.8, 4) is 0 Å². The fourth-order valence-electron chi connectivity index (χ4n) is 1.84. The van der Waals surface area contributed by atoms with Crippen LogP contribution >= 0.6 is 11.6 Å². The topological polar surface area (TPSA) is 20.2 Å². The first kappa shape index (κ1) is 13.5. The van der Waals surface area contributed by atoms with Crippen molar-refractivity contribution in [2.75, 3.05) is 0 Å². The van der Waals surface area contributed by atoms with Crippen molar-refractivity contribution in [2.45, 2.75) is 39.2 Å². The van der Waals surface area contributed by atoms with Gasteiger partial charge in [0.2, 0.25) is 0 Å². The summed E-state index contributed by atoms with van der Waals surface area (Å²) in [6, 6.07) is 4.56. The Kier molecular flexibility index (Phi) is 5.23. The van der Waals surface area contributed by atoms with Gasteiger partial charge in [-0.3, -0.25) is 0 Å². The van der Waals surface area contributed by atoms with Crippen LogP contribution in [0.3, 0.4) is 0 Å². The minimum Gasteiger partial charge on any atom is -0.388 e. The number of hydrogen-bond acceptors (Lipinski definition) is 1. The Morgan fingerprint density at radius 3 is 2.50 bits per heavy atom. The number of benzene rings is 1. The molecule has 1 atom stereocenters. The Morgan fingerprint density at radius 2 is 1.94 bits per heavy atom. The Hall–Kier alpha value is -0.600. The van der Waals surface area contributed by atoms with Crippen molar-refractivity contribution >= 4 is 11.6 Å². The van der Waals surface area contributed by atoms with Crippen molar-refractivity contribution in [2.24, 2.45) is 5.92 Å². The second kappa shape index (κ2) is 6.21. The van der Waals surface area contributed by atoms with Gasteiger partial charge >= 0.3 is 0 Å². The molecule has 1 aromatic carbocycles. The van der Waals surface area contributed by atoms with Gasteiger partial charge in [-0.25, -0.2) is 4.39 Å². The Labute approximate surface area is 101 Å². The standard InChI is InChI=1S/C13H18ClFO/c1-3-9(4-2)8-12(16)10-6-5-7-11(15)13(10)14/h5-7,9,12,16H,3-4,8H2,1-2H3. The third-order valence-electron chi connectivity index (χ3n) is 3.05. The Bertz CT molecular complexity index is 337. The quantitative estimate of drug-likeness (QED) is 0.817. The lowest BCUT2D eigenvalue weighted by atomic mass is 9.93. The first-order valence-electron chi connectivity index (χ1n) is 5.72. The van der Waals surface area contributed by atoms with Crippen molar-refractivity contribution < 1.29 is 9.50 Å². The zero-order valence-corrected chi connectivity index (χ0v) is 10.5. The molecule has 0 saturated carbocycles. The van der Waals surface area contributed by atoms with Gasteiger partial charge in [-0.2, -0.15) is 0 Å². The van der Waals surface area contributed by atoms with Gasteiger partial charge in [-0.05, 0) is 18.4 Å². The lowest BCUT2D eigenvalue weighted by molar-refractivity contribution is 0.141. The number of aliphatic hydroxyl groups excluding tert-OH is 1. The molecule has 0 saturated heterocycles. The zero-order chi connectivity index (χ0) is 12.1. The fraction of sp³-hybridized carbons (Fsp3) is 0.538. The third kappa shape index (κ3) is 3.19. The molecule has 0 fully saturated rings. The van der Waals surface area contributed by atoms with Crippen LogP contribution in [0.4, 0.5) is 4.39 Å². The first-order valence-corrected chi connectivity index (χ1v) is 6.09. The molecule has 3 heteroatoms. The first-order chi connectivity index (χ1) is 7.60. The molecule has 0 bridgehead atoms. The van der Waals surface area contributed by atoms with Crippen LogP contribution in [-0.4, -0.2) is 5.11 Å². The van der Waals surface area contributed by atoms with Gasteiger partial charge in [0.25, 0.3) is 0 Å². The summed E-state index contributed by atoms with van der Waals surface area (Å²) in [5.74, 6) is -0.0166. The largest absolute Gasteiger partial charge is 0.388 e. The summed E-state index contributed by atoms with van der Waals surface area (Å²) in [4.78, 5) is 0. The molecule has 0 aliphatic carbocycles. The minimum absolute atomic E-state index is 0.0426. The van der Waals surface area contributed by atoms with E-state index in [1.165, 1.54) is 6.07 Å². The fourth-order valence-corrected chi connectivity index (χ4v) is 2.09. The third-order valence-corrected chi connectivity index (χ3v) is 3.45. The molecular formula is C13H18ClFO. The average Bonchev–Trinajstić information content (AvgIpc) is 2.29. The zero-order valence-electron chi connectivity index (χ0n) is 9.71. The molecule has 0 radical (unpaired) electrons. The van der Waals surface area contributed by atoms with Crippen LogP contribution in [0.1, 0.15) is 44.8 Å². The van der Waals surface area contributed by atoms with Crippen LogP contribution < -0.4 is 0 Å². The highest BCUT2D eigenvalue weighted by Crippen LogP contribution is 2.31. The second-order valence-electron chi connectivity index (χ2n) is 4.08. The van der Waals surface area contributed by atoms with E-state index in [0.717, 1.165) is 12.8 Å². The SMILES string of the molecule is CCC(CC)CC(O)c1cccc(F)c1Cl. The highest BCUT2D eigenvalue weighted by atomic mass is 35.5. The van der Waals surface area contributed by atoms with Crippen LogP contribution in [0.15, 0.2) is 18.2 Å². The Morgan fingerprint density at radius 1 is 1.31 bits per heavy atom. The van der Waals surface area contributed by atoms with E-state index in [9.17, 15) is 9.50 Å². The van der Waals surface area contributed by atoms with Crippen LogP contribution in [0, 0.1) is 11.7 Å². The maximum atomic E-state index is 13.2. The lowest BCUT2D eigenvalue weighted by Crippen LogP contribution is -2.07. The molecule has 1 aromatic rings. The van der Waals surface area contributed by atoms with Crippen molar-refractivity contribution in [1.29, 1.82) is 0 Å². The molecule has 0 aliphatic heterocycles. The van der Waals surface area contributed by atoms with E-state index < -0.39 is 11.9 Å². The van der Waals surface area contributed by atoms with Crippen molar-refractivity contribution in [3.05, 3.63) is 34.6 Å². The number of halogens is 2. The summed E-state index contributed by atoms with van der Waals surface area (Å²) in [5.41, 5.74) is 0.494. The molecule has 0 aliphatic rings. The van der Waals surface area contributed by atoms with Gasteiger partial charge in [-0.1, -0.05) is 50.4 Å². The summed E-state index contributed by atoms with van der Waals surface area (Å²) in [6.07, 6.45) is 1.99. The van der Waals surface area contributed by atoms with Crippen LogP contribution in [-0.2, 0) is 0 Å².